The second-order valence-corrected chi connectivity index (χ2v) is 4.63. The van der Waals surface area contributed by atoms with Crippen molar-refractivity contribution >= 4 is 5.91 Å². The molecule has 1 saturated heterocycles. The second kappa shape index (κ2) is 6.75. The summed E-state index contributed by atoms with van der Waals surface area (Å²) in [5.41, 5.74) is 0.605. The third-order valence-corrected chi connectivity index (χ3v) is 2.87. The van der Waals surface area contributed by atoms with Crippen LogP contribution in [0.2, 0.25) is 0 Å². The maximum absolute atomic E-state index is 12.0. The molecule has 0 aromatic carbocycles. The Morgan fingerprint density at radius 2 is 2.33 bits per heavy atom. The summed E-state index contributed by atoms with van der Waals surface area (Å²) in [6.07, 6.45) is -1.98. The highest BCUT2D eigenvalue weighted by molar-refractivity contribution is 5.80. The van der Waals surface area contributed by atoms with Crippen molar-refractivity contribution in [3.05, 3.63) is 23.9 Å². The van der Waals surface area contributed by atoms with Crippen LogP contribution in [-0.4, -0.2) is 36.4 Å². The van der Waals surface area contributed by atoms with E-state index in [-0.39, 0.29) is 18.3 Å². The van der Waals surface area contributed by atoms with Gasteiger partial charge in [-0.3, -0.25) is 4.79 Å². The average molecular weight is 304 g/mol. The molecule has 1 aliphatic rings. The number of hydrogen-bond acceptors (Lipinski definition) is 4. The minimum Gasteiger partial charge on any atom is -0.468 e. The van der Waals surface area contributed by atoms with Crippen molar-refractivity contribution in [1.82, 2.24) is 10.3 Å². The largest absolute Gasteiger partial charge is 0.468 e. The molecule has 0 spiro atoms. The Morgan fingerprint density at radius 3 is 3.00 bits per heavy atom. The van der Waals surface area contributed by atoms with Gasteiger partial charge in [0.25, 0.3) is 0 Å². The van der Waals surface area contributed by atoms with Crippen molar-refractivity contribution < 1.29 is 27.4 Å². The summed E-state index contributed by atoms with van der Waals surface area (Å²) in [6.45, 7) is -0.641. The molecule has 0 saturated carbocycles. The predicted molar refractivity (Wildman–Crippen MR) is 66.6 cm³/mol. The lowest BCUT2D eigenvalue weighted by atomic mass is 10.2. The number of halogens is 3. The Morgan fingerprint density at radius 1 is 1.52 bits per heavy atom. The number of nitrogens with zero attached hydrogens (tertiary/aromatic N) is 1. The summed E-state index contributed by atoms with van der Waals surface area (Å²) in [5, 5.41) is 2.67. The van der Waals surface area contributed by atoms with Crippen LogP contribution in [0.1, 0.15) is 18.4 Å². The van der Waals surface area contributed by atoms with Crippen LogP contribution in [0.25, 0.3) is 0 Å². The van der Waals surface area contributed by atoms with Crippen molar-refractivity contribution in [2.24, 2.45) is 0 Å². The van der Waals surface area contributed by atoms with Crippen LogP contribution in [-0.2, 0) is 16.1 Å². The van der Waals surface area contributed by atoms with E-state index in [1.165, 1.54) is 12.3 Å². The Labute approximate surface area is 119 Å². The van der Waals surface area contributed by atoms with E-state index >= 15 is 0 Å². The Bertz CT molecular complexity index is 488. The summed E-state index contributed by atoms with van der Waals surface area (Å²) >= 11 is 0. The Hall–Kier alpha value is -1.83. The lowest BCUT2D eigenvalue weighted by molar-refractivity contribution is -0.154. The lowest BCUT2D eigenvalue weighted by Crippen LogP contribution is -2.33. The Balaban J connectivity index is 1.84. The third-order valence-electron chi connectivity index (χ3n) is 2.87. The second-order valence-electron chi connectivity index (χ2n) is 4.63. The highest BCUT2D eigenvalue weighted by Crippen LogP contribution is 2.17. The first kappa shape index (κ1) is 15.6. The molecule has 0 bridgehead atoms. The van der Waals surface area contributed by atoms with Gasteiger partial charge < -0.3 is 14.8 Å². The van der Waals surface area contributed by atoms with Crippen LogP contribution in [0, 0.1) is 0 Å². The summed E-state index contributed by atoms with van der Waals surface area (Å²) in [4.78, 5) is 15.4. The number of aromatic nitrogens is 1. The van der Waals surface area contributed by atoms with Crippen molar-refractivity contribution in [2.75, 3.05) is 13.2 Å². The van der Waals surface area contributed by atoms with Gasteiger partial charge in [-0.05, 0) is 24.5 Å². The molecule has 1 aromatic rings. The molecule has 1 fully saturated rings. The van der Waals surface area contributed by atoms with Crippen LogP contribution >= 0.6 is 0 Å². The molecule has 1 aromatic heterocycles. The van der Waals surface area contributed by atoms with Gasteiger partial charge in [0.1, 0.15) is 6.10 Å². The fourth-order valence-corrected chi connectivity index (χ4v) is 1.88. The molecule has 1 aliphatic heterocycles. The van der Waals surface area contributed by atoms with E-state index in [1.807, 2.05) is 0 Å². The van der Waals surface area contributed by atoms with Crippen molar-refractivity contribution in [1.29, 1.82) is 0 Å². The van der Waals surface area contributed by atoms with Crippen molar-refractivity contribution in [3.8, 4) is 5.88 Å². The van der Waals surface area contributed by atoms with Gasteiger partial charge in [-0.15, -0.1) is 0 Å². The monoisotopic (exact) mass is 304 g/mol. The fraction of sp³-hybridized carbons (Fsp3) is 0.538. The van der Waals surface area contributed by atoms with Crippen LogP contribution in [0.5, 0.6) is 5.88 Å². The first-order chi connectivity index (χ1) is 9.94. The van der Waals surface area contributed by atoms with E-state index in [0.29, 0.717) is 18.6 Å². The van der Waals surface area contributed by atoms with Gasteiger partial charge in [0, 0.05) is 25.4 Å². The zero-order chi connectivity index (χ0) is 15.3. The third kappa shape index (κ3) is 5.22. The number of ether oxygens (including phenoxy) is 2. The van der Waals surface area contributed by atoms with E-state index in [2.05, 4.69) is 15.0 Å². The number of carbonyl (C=O) groups excluding carboxylic acids is 1. The first-order valence-electron chi connectivity index (χ1n) is 6.48. The van der Waals surface area contributed by atoms with Crippen molar-refractivity contribution in [3.63, 3.8) is 0 Å². The van der Waals surface area contributed by atoms with Gasteiger partial charge in [-0.1, -0.05) is 0 Å². The molecule has 0 radical (unpaired) electrons. The standard InChI is InChI=1S/C13H15F3N2O3/c14-13(15,16)8-21-11-6-9(3-4-17-11)7-18-12(19)10-2-1-5-20-10/h3-4,6,10H,1-2,5,7-8H2,(H,18,19). The maximum Gasteiger partial charge on any atom is 0.422 e. The van der Waals surface area contributed by atoms with Crippen LogP contribution < -0.4 is 10.1 Å². The van der Waals surface area contributed by atoms with Crippen LogP contribution in [0.15, 0.2) is 18.3 Å². The molecule has 0 aliphatic carbocycles. The number of hydrogen-bond donors (Lipinski definition) is 1. The van der Waals surface area contributed by atoms with Gasteiger partial charge in [0.15, 0.2) is 6.61 Å². The zero-order valence-corrected chi connectivity index (χ0v) is 11.2. The number of rotatable bonds is 5. The van der Waals surface area contributed by atoms with Gasteiger partial charge >= 0.3 is 6.18 Å². The highest BCUT2D eigenvalue weighted by Gasteiger charge is 2.28. The molecule has 2 heterocycles. The zero-order valence-electron chi connectivity index (χ0n) is 11.2. The molecule has 5 nitrogen and oxygen atoms in total. The molecular weight excluding hydrogens is 289 g/mol. The number of nitrogens with one attached hydrogen (secondary N) is 1. The molecule has 1 N–H and O–H groups in total. The maximum atomic E-state index is 12.0. The number of alkyl halides is 3. The molecular formula is C13H15F3N2O3. The normalized spacial score (nSPS) is 18.5. The van der Waals surface area contributed by atoms with E-state index in [4.69, 9.17) is 4.74 Å². The summed E-state index contributed by atoms with van der Waals surface area (Å²) in [7, 11) is 0. The van der Waals surface area contributed by atoms with Gasteiger partial charge in [-0.25, -0.2) is 4.98 Å². The van der Waals surface area contributed by atoms with Gasteiger partial charge in [0.05, 0.1) is 0 Å². The van der Waals surface area contributed by atoms with E-state index in [1.54, 1.807) is 6.07 Å². The highest BCUT2D eigenvalue weighted by atomic mass is 19.4. The average Bonchev–Trinajstić information content (AvgIpc) is 2.96. The quantitative estimate of drug-likeness (QED) is 0.901. The minimum absolute atomic E-state index is 0.129. The Kier molecular flexibility index (Phi) is 5.00. The minimum atomic E-state index is -4.41. The summed E-state index contributed by atoms with van der Waals surface area (Å²) in [6, 6.07) is 2.96. The lowest BCUT2D eigenvalue weighted by Gasteiger charge is -2.11. The summed E-state index contributed by atoms with van der Waals surface area (Å²) in [5.74, 6) is -0.349. The van der Waals surface area contributed by atoms with Gasteiger partial charge in [0.2, 0.25) is 11.8 Å². The summed E-state index contributed by atoms with van der Waals surface area (Å²) < 4.78 is 45.9. The molecule has 1 atom stereocenters. The first-order valence-corrected chi connectivity index (χ1v) is 6.48. The van der Waals surface area contributed by atoms with E-state index in [9.17, 15) is 18.0 Å². The van der Waals surface area contributed by atoms with Crippen molar-refractivity contribution in [2.45, 2.75) is 31.7 Å². The predicted octanol–water partition coefficient (Wildman–Crippen LogP) is 1.82. The number of carbonyl (C=O) groups is 1. The van der Waals surface area contributed by atoms with E-state index in [0.717, 1.165) is 6.42 Å². The van der Waals surface area contributed by atoms with Gasteiger partial charge in [-0.2, -0.15) is 13.2 Å². The number of amides is 1. The molecule has 1 unspecified atom stereocenters. The number of pyridine rings is 1. The molecule has 1 amide bonds. The molecule has 8 heteroatoms. The van der Waals surface area contributed by atoms with E-state index < -0.39 is 18.9 Å². The van der Waals surface area contributed by atoms with Crippen LogP contribution in [0.3, 0.4) is 0 Å². The molecule has 21 heavy (non-hydrogen) atoms. The molecule has 2 rings (SSSR count). The topological polar surface area (TPSA) is 60.5 Å². The molecule has 116 valence electrons. The van der Waals surface area contributed by atoms with Crippen LogP contribution in [0.4, 0.5) is 13.2 Å². The SMILES string of the molecule is O=C(NCc1ccnc(OCC(F)(F)F)c1)C1CCCO1. The smallest absolute Gasteiger partial charge is 0.422 e. The fourth-order valence-electron chi connectivity index (χ4n) is 1.88.